The minimum absolute atomic E-state index is 0.466. The first-order chi connectivity index (χ1) is 8.70. The van der Waals surface area contributed by atoms with Gasteiger partial charge in [0.05, 0.1) is 6.21 Å². The topological polar surface area (TPSA) is 49.6 Å². The van der Waals surface area contributed by atoms with Crippen LogP contribution >= 0.6 is 12.2 Å². The van der Waals surface area contributed by atoms with Gasteiger partial charge >= 0.3 is 0 Å². The third kappa shape index (κ3) is 3.43. The molecule has 0 aliphatic heterocycles. The molecule has 0 saturated heterocycles. The van der Waals surface area contributed by atoms with Crippen molar-refractivity contribution in [3.63, 3.8) is 0 Å². The molecule has 0 amide bonds. The SMILES string of the molecule is C=CCNC(=S)N/N=C\c1ccc([C@@H]2C[C@@H]2C)o1. The Morgan fingerprint density at radius 3 is 3.11 bits per heavy atom. The lowest BCUT2D eigenvalue weighted by Crippen LogP contribution is -2.31. The quantitative estimate of drug-likeness (QED) is 0.371. The van der Waals surface area contributed by atoms with Gasteiger partial charge in [-0.1, -0.05) is 13.0 Å². The van der Waals surface area contributed by atoms with Gasteiger partial charge in [0.2, 0.25) is 0 Å². The first-order valence-corrected chi connectivity index (χ1v) is 6.39. The second-order valence-corrected chi connectivity index (χ2v) is 4.84. The molecule has 0 bridgehead atoms. The second kappa shape index (κ2) is 5.82. The average Bonchev–Trinajstić information content (AvgIpc) is 2.90. The van der Waals surface area contributed by atoms with Gasteiger partial charge in [-0.25, -0.2) is 0 Å². The Balaban J connectivity index is 1.80. The minimum Gasteiger partial charge on any atom is -0.460 e. The van der Waals surface area contributed by atoms with E-state index in [9.17, 15) is 0 Å². The maximum absolute atomic E-state index is 5.67. The number of hydrazone groups is 1. The molecule has 5 heteroatoms. The van der Waals surface area contributed by atoms with Gasteiger partial charge in [-0.15, -0.1) is 6.58 Å². The molecule has 1 aliphatic carbocycles. The molecule has 18 heavy (non-hydrogen) atoms. The Morgan fingerprint density at radius 2 is 2.44 bits per heavy atom. The zero-order valence-corrected chi connectivity index (χ0v) is 11.2. The van der Waals surface area contributed by atoms with Crippen molar-refractivity contribution < 1.29 is 4.42 Å². The van der Waals surface area contributed by atoms with E-state index in [1.807, 2.05) is 12.1 Å². The number of hydrogen-bond donors (Lipinski definition) is 2. The van der Waals surface area contributed by atoms with Crippen LogP contribution in [0.25, 0.3) is 0 Å². The van der Waals surface area contributed by atoms with Crippen molar-refractivity contribution >= 4 is 23.5 Å². The van der Waals surface area contributed by atoms with Gasteiger partial charge in [-0.05, 0) is 36.7 Å². The zero-order valence-electron chi connectivity index (χ0n) is 10.3. The fourth-order valence-corrected chi connectivity index (χ4v) is 1.85. The van der Waals surface area contributed by atoms with Crippen LogP contribution in [0.3, 0.4) is 0 Å². The molecule has 1 aliphatic rings. The van der Waals surface area contributed by atoms with Gasteiger partial charge in [0.15, 0.2) is 5.11 Å². The lowest BCUT2D eigenvalue weighted by atomic mass is 10.3. The number of furan rings is 1. The molecular weight excluding hydrogens is 246 g/mol. The van der Waals surface area contributed by atoms with E-state index >= 15 is 0 Å². The van der Waals surface area contributed by atoms with Gasteiger partial charge < -0.3 is 9.73 Å². The maximum atomic E-state index is 5.67. The van der Waals surface area contributed by atoms with Crippen molar-refractivity contribution in [1.82, 2.24) is 10.7 Å². The fourth-order valence-electron chi connectivity index (χ4n) is 1.71. The smallest absolute Gasteiger partial charge is 0.187 e. The lowest BCUT2D eigenvalue weighted by Gasteiger charge is -2.02. The van der Waals surface area contributed by atoms with Crippen LogP contribution in [0.15, 0.2) is 34.3 Å². The predicted octanol–water partition coefficient (Wildman–Crippen LogP) is 2.39. The van der Waals surface area contributed by atoms with Crippen molar-refractivity contribution in [3.05, 3.63) is 36.3 Å². The standard InChI is InChI=1S/C13H17N3OS/c1-3-6-14-13(18)16-15-8-10-4-5-12(17-10)11-7-9(11)2/h3-5,8-9,11H,1,6-7H2,2H3,(H2,14,16,18)/b15-8-/t9-,11+/m0/s1. The monoisotopic (exact) mass is 263 g/mol. The van der Waals surface area contributed by atoms with Gasteiger partial charge in [0.25, 0.3) is 0 Å². The molecule has 1 aromatic rings. The van der Waals surface area contributed by atoms with E-state index in [2.05, 4.69) is 29.3 Å². The van der Waals surface area contributed by atoms with E-state index in [4.69, 9.17) is 16.6 Å². The molecule has 4 nitrogen and oxygen atoms in total. The molecule has 1 aromatic heterocycles. The summed E-state index contributed by atoms with van der Waals surface area (Å²) in [5.74, 6) is 3.13. The molecular formula is C13H17N3OS. The van der Waals surface area contributed by atoms with Crippen molar-refractivity contribution in [2.45, 2.75) is 19.3 Å². The highest BCUT2D eigenvalue weighted by atomic mass is 32.1. The molecule has 2 atom stereocenters. The van der Waals surface area contributed by atoms with Crippen molar-refractivity contribution in [2.75, 3.05) is 6.54 Å². The molecule has 0 radical (unpaired) electrons. The maximum Gasteiger partial charge on any atom is 0.187 e. The lowest BCUT2D eigenvalue weighted by molar-refractivity contribution is 0.500. The minimum atomic E-state index is 0.466. The summed E-state index contributed by atoms with van der Waals surface area (Å²) in [7, 11) is 0. The summed E-state index contributed by atoms with van der Waals surface area (Å²) in [5, 5.41) is 7.38. The van der Waals surface area contributed by atoms with E-state index in [1.165, 1.54) is 6.42 Å². The highest BCUT2D eigenvalue weighted by Crippen LogP contribution is 2.47. The van der Waals surface area contributed by atoms with Crippen molar-refractivity contribution in [1.29, 1.82) is 0 Å². The molecule has 0 aromatic carbocycles. The number of rotatable bonds is 5. The van der Waals surface area contributed by atoms with Gasteiger partial charge in [-0.2, -0.15) is 5.10 Å². The molecule has 1 heterocycles. The summed E-state index contributed by atoms with van der Waals surface area (Å²) in [6.45, 7) is 6.43. The fraction of sp³-hybridized carbons (Fsp3) is 0.385. The number of hydrogen-bond acceptors (Lipinski definition) is 3. The number of nitrogens with one attached hydrogen (secondary N) is 2. The predicted molar refractivity (Wildman–Crippen MR) is 76.8 cm³/mol. The first kappa shape index (κ1) is 12.8. The summed E-state index contributed by atoms with van der Waals surface area (Å²) in [6.07, 6.45) is 4.57. The Hall–Kier alpha value is -1.62. The van der Waals surface area contributed by atoms with E-state index in [0.29, 0.717) is 17.6 Å². The third-order valence-electron chi connectivity index (χ3n) is 2.89. The van der Waals surface area contributed by atoms with Crippen LogP contribution in [0.4, 0.5) is 0 Å². The van der Waals surface area contributed by atoms with Crippen LogP contribution < -0.4 is 10.7 Å². The molecule has 2 rings (SSSR count). The van der Waals surface area contributed by atoms with Crippen LogP contribution in [0, 0.1) is 5.92 Å². The zero-order chi connectivity index (χ0) is 13.0. The highest BCUT2D eigenvalue weighted by molar-refractivity contribution is 7.80. The van der Waals surface area contributed by atoms with Gasteiger partial charge in [0, 0.05) is 12.5 Å². The average molecular weight is 263 g/mol. The Bertz CT molecular complexity index is 467. The Kier molecular flexibility index (Phi) is 4.15. The summed E-state index contributed by atoms with van der Waals surface area (Å²) >= 11 is 4.99. The van der Waals surface area contributed by atoms with Crippen LogP contribution in [-0.2, 0) is 0 Å². The Morgan fingerprint density at radius 1 is 1.67 bits per heavy atom. The molecule has 0 spiro atoms. The van der Waals surface area contributed by atoms with Crippen LogP contribution in [0.2, 0.25) is 0 Å². The second-order valence-electron chi connectivity index (χ2n) is 4.43. The van der Waals surface area contributed by atoms with E-state index < -0.39 is 0 Å². The molecule has 0 unspecified atom stereocenters. The summed E-state index contributed by atoms with van der Waals surface area (Å²) in [5.41, 5.74) is 2.71. The van der Waals surface area contributed by atoms with Gasteiger partial charge in [0.1, 0.15) is 11.5 Å². The molecule has 1 fully saturated rings. The summed E-state index contributed by atoms with van der Waals surface area (Å²) in [6, 6.07) is 3.94. The molecule has 96 valence electrons. The van der Waals surface area contributed by atoms with E-state index in [-0.39, 0.29) is 0 Å². The third-order valence-corrected chi connectivity index (χ3v) is 3.12. The summed E-state index contributed by atoms with van der Waals surface area (Å²) < 4.78 is 5.67. The van der Waals surface area contributed by atoms with Crippen molar-refractivity contribution in [2.24, 2.45) is 11.0 Å². The van der Waals surface area contributed by atoms with Crippen LogP contribution in [-0.4, -0.2) is 17.9 Å². The first-order valence-electron chi connectivity index (χ1n) is 5.98. The van der Waals surface area contributed by atoms with Gasteiger partial charge in [-0.3, -0.25) is 5.43 Å². The highest BCUT2D eigenvalue weighted by Gasteiger charge is 2.36. The van der Waals surface area contributed by atoms with E-state index in [0.717, 1.165) is 17.4 Å². The van der Waals surface area contributed by atoms with E-state index in [1.54, 1.807) is 12.3 Å². The summed E-state index contributed by atoms with van der Waals surface area (Å²) in [4.78, 5) is 0. The molecule has 2 N–H and O–H groups in total. The van der Waals surface area contributed by atoms with Crippen LogP contribution in [0.1, 0.15) is 30.8 Å². The number of nitrogens with zero attached hydrogens (tertiary/aromatic N) is 1. The van der Waals surface area contributed by atoms with Crippen LogP contribution in [0.5, 0.6) is 0 Å². The normalized spacial score (nSPS) is 21.8. The Labute approximate surface area is 112 Å². The molecule has 1 saturated carbocycles. The number of thiocarbonyl (C=S) groups is 1. The largest absolute Gasteiger partial charge is 0.460 e. The van der Waals surface area contributed by atoms with Crippen molar-refractivity contribution in [3.8, 4) is 0 Å².